The molecule has 0 aliphatic carbocycles. The Hall–Kier alpha value is -1.55. The predicted molar refractivity (Wildman–Crippen MR) is 71.8 cm³/mol. The summed E-state index contributed by atoms with van der Waals surface area (Å²) in [6.45, 7) is 4.15. The number of rotatable bonds is 7. The molecule has 0 atom stereocenters. The number of nitrogens with two attached hydrogens (primary N) is 1. The van der Waals surface area contributed by atoms with Gasteiger partial charge in [0.15, 0.2) is 5.78 Å². The smallest absolute Gasteiger partial charge is 0.165 e. The lowest BCUT2D eigenvalue weighted by Gasteiger charge is -2.13. The molecule has 0 saturated carbocycles. The number of hydrogen-bond donors (Lipinski definition) is 2. The number of anilines is 1. The molecule has 0 radical (unpaired) electrons. The van der Waals surface area contributed by atoms with Crippen LogP contribution in [0.3, 0.4) is 0 Å². The zero-order valence-corrected chi connectivity index (χ0v) is 11.0. The van der Waals surface area contributed by atoms with Gasteiger partial charge in [-0.05, 0) is 31.0 Å². The SMILES string of the molecule is CCC(CC)C(=O)c1ccc(OCCO)c(N)c1. The van der Waals surface area contributed by atoms with Crippen molar-refractivity contribution in [2.24, 2.45) is 5.92 Å². The molecule has 18 heavy (non-hydrogen) atoms. The van der Waals surface area contributed by atoms with E-state index in [2.05, 4.69) is 0 Å². The normalized spacial score (nSPS) is 10.7. The van der Waals surface area contributed by atoms with Crippen molar-refractivity contribution in [1.29, 1.82) is 0 Å². The van der Waals surface area contributed by atoms with Crippen LogP contribution >= 0.6 is 0 Å². The number of ether oxygens (including phenoxy) is 1. The summed E-state index contributed by atoms with van der Waals surface area (Å²) in [7, 11) is 0. The summed E-state index contributed by atoms with van der Waals surface area (Å²) in [4.78, 5) is 12.1. The van der Waals surface area contributed by atoms with Gasteiger partial charge in [-0.3, -0.25) is 4.79 Å². The van der Waals surface area contributed by atoms with E-state index in [-0.39, 0.29) is 24.9 Å². The maximum Gasteiger partial charge on any atom is 0.165 e. The van der Waals surface area contributed by atoms with Crippen molar-refractivity contribution in [2.45, 2.75) is 26.7 Å². The van der Waals surface area contributed by atoms with Crippen LogP contribution < -0.4 is 10.5 Å². The highest BCUT2D eigenvalue weighted by molar-refractivity contribution is 5.98. The molecule has 1 aromatic carbocycles. The van der Waals surface area contributed by atoms with Gasteiger partial charge in [-0.25, -0.2) is 0 Å². The maximum atomic E-state index is 12.1. The summed E-state index contributed by atoms with van der Waals surface area (Å²) in [5, 5.41) is 8.68. The molecule has 0 spiro atoms. The Morgan fingerprint density at radius 1 is 1.39 bits per heavy atom. The number of ketones is 1. The molecule has 0 aliphatic rings. The molecule has 0 unspecified atom stereocenters. The molecule has 1 aromatic rings. The second-order valence-electron chi connectivity index (χ2n) is 4.20. The first-order valence-electron chi connectivity index (χ1n) is 6.31. The van der Waals surface area contributed by atoms with Crippen molar-refractivity contribution in [2.75, 3.05) is 18.9 Å². The lowest BCUT2D eigenvalue weighted by Crippen LogP contribution is -2.13. The number of benzene rings is 1. The van der Waals surface area contributed by atoms with E-state index in [1.807, 2.05) is 13.8 Å². The van der Waals surface area contributed by atoms with Gasteiger partial charge in [-0.2, -0.15) is 0 Å². The number of aliphatic hydroxyl groups excluding tert-OH is 1. The van der Waals surface area contributed by atoms with E-state index in [0.717, 1.165) is 12.8 Å². The van der Waals surface area contributed by atoms with Crippen LogP contribution in [0.2, 0.25) is 0 Å². The van der Waals surface area contributed by atoms with Gasteiger partial charge >= 0.3 is 0 Å². The Balaban J connectivity index is 2.86. The lowest BCUT2D eigenvalue weighted by atomic mass is 9.93. The minimum absolute atomic E-state index is 0.0496. The van der Waals surface area contributed by atoms with Crippen molar-refractivity contribution in [3.05, 3.63) is 23.8 Å². The highest BCUT2D eigenvalue weighted by Crippen LogP contribution is 2.25. The van der Waals surface area contributed by atoms with Crippen LogP contribution in [0.1, 0.15) is 37.0 Å². The van der Waals surface area contributed by atoms with E-state index in [0.29, 0.717) is 17.0 Å². The van der Waals surface area contributed by atoms with Crippen LogP contribution in [0.5, 0.6) is 5.75 Å². The predicted octanol–water partition coefficient (Wildman–Crippen LogP) is 2.26. The molecule has 1 rings (SSSR count). The molecule has 0 aliphatic heterocycles. The van der Waals surface area contributed by atoms with Crippen molar-refractivity contribution < 1.29 is 14.6 Å². The van der Waals surface area contributed by atoms with Crippen LogP contribution in [-0.4, -0.2) is 24.1 Å². The fraction of sp³-hybridized carbons (Fsp3) is 0.500. The Kier molecular flexibility index (Phi) is 5.65. The maximum absolute atomic E-state index is 12.1. The quantitative estimate of drug-likeness (QED) is 0.576. The van der Waals surface area contributed by atoms with Gasteiger partial charge in [0.05, 0.1) is 12.3 Å². The summed E-state index contributed by atoms with van der Waals surface area (Å²) in [5.41, 5.74) is 6.88. The molecular weight excluding hydrogens is 230 g/mol. The average molecular weight is 251 g/mol. The first-order chi connectivity index (χ1) is 8.63. The van der Waals surface area contributed by atoms with Gasteiger partial charge in [0.25, 0.3) is 0 Å². The van der Waals surface area contributed by atoms with Gasteiger partial charge in [0.1, 0.15) is 12.4 Å². The number of aliphatic hydroxyl groups is 1. The lowest BCUT2D eigenvalue weighted by molar-refractivity contribution is 0.0913. The van der Waals surface area contributed by atoms with Crippen LogP contribution in [0.15, 0.2) is 18.2 Å². The van der Waals surface area contributed by atoms with Crippen LogP contribution in [-0.2, 0) is 0 Å². The molecule has 4 heteroatoms. The number of carbonyl (C=O) groups excluding carboxylic acids is 1. The molecule has 0 amide bonds. The molecule has 4 nitrogen and oxygen atoms in total. The highest BCUT2D eigenvalue weighted by Gasteiger charge is 2.17. The van der Waals surface area contributed by atoms with Gasteiger partial charge in [0.2, 0.25) is 0 Å². The van der Waals surface area contributed by atoms with E-state index in [1.165, 1.54) is 0 Å². The molecular formula is C14H21NO3. The first-order valence-corrected chi connectivity index (χ1v) is 6.31. The molecule has 0 fully saturated rings. The molecule has 100 valence electrons. The van der Waals surface area contributed by atoms with Crippen LogP contribution in [0.4, 0.5) is 5.69 Å². The molecule has 0 aromatic heterocycles. The Labute approximate surface area is 108 Å². The third-order valence-electron chi connectivity index (χ3n) is 3.00. The molecule has 0 bridgehead atoms. The Morgan fingerprint density at radius 2 is 2.06 bits per heavy atom. The number of Topliss-reactive ketones (excluding diaryl/α,β-unsaturated/α-hetero) is 1. The third kappa shape index (κ3) is 3.47. The molecule has 0 heterocycles. The zero-order valence-electron chi connectivity index (χ0n) is 11.0. The number of hydrogen-bond acceptors (Lipinski definition) is 4. The van der Waals surface area contributed by atoms with Crippen molar-refractivity contribution >= 4 is 11.5 Å². The van der Waals surface area contributed by atoms with Crippen LogP contribution in [0.25, 0.3) is 0 Å². The van der Waals surface area contributed by atoms with E-state index >= 15 is 0 Å². The van der Waals surface area contributed by atoms with Crippen molar-refractivity contribution in [1.82, 2.24) is 0 Å². The van der Waals surface area contributed by atoms with E-state index in [4.69, 9.17) is 15.6 Å². The van der Waals surface area contributed by atoms with Gasteiger partial charge in [0, 0.05) is 11.5 Å². The monoisotopic (exact) mass is 251 g/mol. The Morgan fingerprint density at radius 3 is 2.56 bits per heavy atom. The fourth-order valence-corrected chi connectivity index (χ4v) is 1.88. The topological polar surface area (TPSA) is 72.5 Å². The Bertz CT molecular complexity index is 400. The van der Waals surface area contributed by atoms with E-state index < -0.39 is 0 Å². The zero-order chi connectivity index (χ0) is 13.5. The largest absolute Gasteiger partial charge is 0.489 e. The third-order valence-corrected chi connectivity index (χ3v) is 3.00. The highest BCUT2D eigenvalue weighted by atomic mass is 16.5. The summed E-state index contributed by atoms with van der Waals surface area (Å²) >= 11 is 0. The van der Waals surface area contributed by atoms with Gasteiger partial charge < -0.3 is 15.6 Å². The first kappa shape index (κ1) is 14.5. The van der Waals surface area contributed by atoms with Crippen LogP contribution in [0, 0.1) is 5.92 Å². The average Bonchev–Trinajstić information content (AvgIpc) is 2.38. The van der Waals surface area contributed by atoms with E-state index in [9.17, 15) is 4.79 Å². The van der Waals surface area contributed by atoms with Gasteiger partial charge in [-0.1, -0.05) is 13.8 Å². The second kappa shape index (κ2) is 7.01. The molecule has 3 N–H and O–H groups in total. The summed E-state index contributed by atoms with van der Waals surface area (Å²) in [6, 6.07) is 5.05. The van der Waals surface area contributed by atoms with Gasteiger partial charge in [-0.15, -0.1) is 0 Å². The number of nitrogen functional groups attached to an aromatic ring is 1. The minimum Gasteiger partial charge on any atom is -0.489 e. The molecule has 0 saturated heterocycles. The van der Waals surface area contributed by atoms with Crippen molar-refractivity contribution in [3.8, 4) is 5.75 Å². The summed E-state index contributed by atoms with van der Waals surface area (Å²) < 4.78 is 5.25. The standard InChI is InChI=1S/C14H21NO3/c1-3-10(4-2)14(17)11-5-6-13(12(15)9-11)18-8-7-16/h5-6,9-10,16H,3-4,7-8,15H2,1-2H3. The second-order valence-corrected chi connectivity index (χ2v) is 4.20. The fourth-order valence-electron chi connectivity index (χ4n) is 1.88. The number of carbonyl (C=O) groups is 1. The summed E-state index contributed by atoms with van der Waals surface area (Å²) in [6.07, 6.45) is 1.66. The minimum atomic E-state index is -0.0616. The van der Waals surface area contributed by atoms with E-state index in [1.54, 1.807) is 18.2 Å². The summed E-state index contributed by atoms with van der Waals surface area (Å²) in [5.74, 6) is 0.680. The van der Waals surface area contributed by atoms with Crippen molar-refractivity contribution in [3.63, 3.8) is 0 Å².